The molecule has 2 rings (SSSR count). The lowest BCUT2D eigenvalue weighted by Crippen LogP contribution is -1.97. The van der Waals surface area contributed by atoms with Crippen molar-refractivity contribution in [3.05, 3.63) is 40.8 Å². The lowest BCUT2D eigenvalue weighted by molar-refractivity contribution is 0.457. The van der Waals surface area contributed by atoms with E-state index in [9.17, 15) is 0 Å². The predicted molar refractivity (Wildman–Crippen MR) is 74.7 cm³/mol. The first-order valence-electron chi connectivity index (χ1n) is 5.61. The molecule has 1 aromatic carbocycles. The Bertz CT molecular complexity index is 558. The number of benzene rings is 1. The molecule has 0 unspecified atom stereocenters. The van der Waals surface area contributed by atoms with E-state index in [1.165, 1.54) is 6.33 Å². The Labute approximate surface area is 114 Å². The van der Waals surface area contributed by atoms with E-state index >= 15 is 0 Å². The van der Waals surface area contributed by atoms with Crippen molar-refractivity contribution in [2.24, 2.45) is 0 Å². The van der Waals surface area contributed by atoms with Crippen molar-refractivity contribution in [3.8, 4) is 11.6 Å². The average molecular weight is 308 g/mol. The number of rotatable bonds is 3. The first-order chi connectivity index (χ1) is 8.58. The second-order valence-electron chi connectivity index (χ2n) is 4.20. The van der Waals surface area contributed by atoms with E-state index in [4.69, 9.17) is 10.5 Å². The first kappa shape index (κ1) is 12.8. The van der Waals surface area contributed by atoms with Crippen LogP contribution in [0.5, 0.6) is 11.6 Å². The summed E-state index contributed by atoms with van der Waals surface area (Å²) in [5, 5.41) is 0. The maximum atomic E-state index is 5.79. The minimum Gasteiger partial charge on any atom is -0.438 e. The number of anilines is 1. The van der Waals surface area contributed by atoms with Gasteiger partial charge in [0, 0.05) is 11.8 Å². The number of halogens is 1. The van der Waals surface area contributed by atoms with Gasteiger partial charge in [-0.05, 0) is 34.0 Å². The first-order valence-corrected chi connectivity index (χ1v) is 6.41. The maximum Gasteiger partial charge on any atom is 0.222 e. The molecule has 0 aliphatic rings. The largest absolute Gasteiger partial charge is 0.438 e. The molecular formula is C13H14BrN3O. The summed E-state index contributed by atoms with van der Waals surface area (Å²) in [6.45, 7) is 4.14. The molecule has 0 fully saturated rings. The molecule has 2 N–H and O–H groups in total. The summed E-state index contributed by atoms with van der Waals surface area (Å²) < 4.78 is 6.43. The zero-order chi connectivity index (χ0) is 13.1. The third-order valence-electron chi connectivity index (χ3n) is 2.46. The fraction of sp³-hybridized carbons (Fsp3) is 0.231. The fourth-order valence-corrected chi connectivity index (χ4v) is 1.79. The number of nitrogen functional groups attached to an aromatic ring is 1. The van der Waals surface area contributed by atoms with Gasteiger partial charge in [0.15, 0.2) is 0 Å². The van der Waals surface area contributed by atoms with Crippen LogP contribution in [-0.4, -0.2) is 9.97 Å². The van der Waals surface area contributed by atoms with Crippen LogP contribution in [0.1, 0.15) is 25.5 Å². The summed E-state index contributed by atoms with van der Waals surface area (Å²) in [4.78, 5) is 8.29. The van der Waals surface area contributed by atoms with E-state index in [1.807, 2.05) is 18.2 Å². The third kappa shape index (κ3) is 2.79. The molecule has 0 spiro atoms. The minimum atomic E-state index is 0.333. The molecule has 4 nitrogen and oxygen atoms in total. The van der Waals surface area contributed by atoms with E-state index < -0.39 is 0 Å². The summed E-state index contributed by atoms with van der Waals surface area (Å²) in [5.74, 6) is 1.49. The van der Waals surface area contributed by atoms with Crippen LogP contribution >= 0.6 is 15.9 Å². The second kappa shape index (κ2) is 5.35. The van der Waals surface area contributed by atoms with Gasteiger partial charge in [-0.3, -0.25) is 0 Å². The Kier molecular flexibility index (Phi) is 3.81. The summed E-state index contributed by atoms with van der Waals surface area (Å²) in [6, 6.07) is 7.30. The van der Waals surface area contributed by atoms with Gasteiger partial charge in [-0.2, -0.15) is 0 Å². The number of nitrogens with two attached hydrogens (primary N) is 1. The highest BCUT2D eigenvalue weighted by atomic mass is 79.9. The van der Waals surface area contributed by atoms with Crippen LogP contribution in [0.2, 0.25) is 0 Å². The molecule has 18 heavy (non-hydrogen) atoms. The van der Waals surface area contributed by atoms with E-state index in [-0.39, 0.29) is 0 Å². The average Bonchev–Trinajstić information content (AvgIpc) is 2.35. The zero-order valence-corrected chi connectivity index (χ0v) is 11.8. The van der Waals surface area contributed by atoms with E-state index in [2.05, 4.69) is 39.7 Å². The van der Waals surface area contributed by atoms with Crippen molar-refractivity contribution in [3.63, 3.8) is 0 Å². The highest BCUT2D eigenvalue weighted by Crippen LogP contribution is 2.33. The van der Waals surface area contributed by atoms with Gasteiger partial charge in [0.2, 0.25) is 5.88 Å². The molecule has 1 aromatic heterocycles. The summed E-state index contributed by atoms with van der Waals surface area (Å²) in [6.07, 6.45) is 1.50. The van der Waals surface area contributed by atoms with Crippen molar-refractivity contribution < 1.29 is 4.74 Å². The molecule has 0 aliphatic heterocycles. The SMILES string of the molecule is CC(C)c1cc(Oc2cccc(N)c2Br)ncn1. The molecule has 94 valence electrons. The molecule has 0 amide bonds. The number of nitrogens with zero attached hydrogens (tertiary/aromatic N) is 2. The molecule has 0 radical (unpaired) electrons. The number of ether oxygens (including phenoxy) is 1. The lowest BCUT2D eigenvalue weighted by atomic mass is 10.1. The lowest BCUT2D eigenvalue weighted by Gasteiger charge is -2.10. The molecule has 5 heteroatoms. The standard InChI is InChI=1S/C13H14BrN3O/c1-8(2)10-6-12(17-7-16-10)18-11-5-3-4-9(15)13(11)14/h3-8H,15H2,1-2H3. The van der Waals surface area contributed by atoms with Gasteiger partial charge in [-0.1, -0.05) is 19.9 Å². The van der Waals surface area contributed by atoms with Crippen LogP contribution in [-0.2, 0) is 0 Å². The van der Waals surface area contributed by atoms with Crippen LogP contribution in [0.4, 0.5) is 5.69 Å². The molecule has 0 atom stereocenters. The molecular weight excluding hydrogens is 294 g/mol. The molecule has 0 bridgehead atoms. The van der Waals surface area contributed by atoms with Gasteiger partial charge in [-0.15, -0.1) is 0 Å². The van der Waals surface area contributed by atoms with Gasteiger partial charge in [0.05, 0.1) is 10.2 Å². The summed E-state index contributed by atoms with van der Waals surface area (Å²) >= 11 is 3.39. The topological polar surface area (TPSA) is 61.0 Å². The van der Waals surface area contributed by atoms with E-state index in [0.29, 0.717) is 23.2 Å². The Hall–Kier alpha value is -1.62. The quantitative estimate of drug-likeness (QED) is 0.878. The van der Waals surface area contributed by atoms with Crippen LogP contribution in [0, 0.1) is 0 Å². The highest BCUT2D eigenvalue weighted by molar-refractivity contribution is 9.10. The van der Waals surface area contributed by atoms with Crippen molar-refractivity contribution in [2.45, 2.75) is 19.8 Å². The van der Waals surface area contributed by atoms with Crippen molar-refractivity contribution in [2.75, 3.05) is 5.73 Å². The van der Waals surface area contributed by atoms with Gasteiger partial charge < -0.3 is 10.5 Å². The maximum absolute atomic E-state index is 5.79. The van der Waals surface area contributed by atoms with Crippen LogP contribution in [0.3, 0.4) is 0 Å². The molecule has 1 heterocycles. The van der Waals surface area contributed by atoms with Gasteiger partial charge in [-0.25, -0.2) is 9.97 Å². The number of hydrogen-bond donors (Lipinski definition) is 1. The Morgan fingerprint density at radius 1 is 1.28 bits per heavy atom. The predicted octanol–water partition coefficient (Wildman–Crippen LogP) is 3.74. The van der Waals surface area contributed by atoms with Crippen molar-refractivity contribution in [1.82, 2.24) is 9.97 Å². The van der Waals surface area contributed by atoms with Crippen LogP contribution in [0.15, 0.2) is 35.1 Å². The van der Waals surface area contributed by atoms with E-state index in [1.54, 1.807) is 6.07 Å². The van der Waals surface area contributed by atoms with Crippen LogP contribution < -0.4 is 10.5 Å². The summed E-state index contributed by atoms with van der Waals surface area (Å²) in [5.41, 5.74) is 7.37. The fourth-order valence-electron chi connectivity index (χ4n) is 1.44. The summed E-state index contributed by atoms with van der Waals surface area (Å²) in [7, 11) is 0. The van der Waals surface area contributed by atoms with Crippen LogP contribution in [0.25, 0.3) is 0 Å². The van der Waals surface area contributed by atoms with Gasteiger partial charge in [0.1, 0.15) is 12.1 Å². The normalized spacial score (nSPS) is 10.7. The highest BCUT2D eigenvalue weighted by Gasteiger charge is 2.08. The smallest absolute Gasteiger partial charge is 0.222 e. The Balaban J connectivity index is 2.28. The monoisotopic (exact) mass is 307 g/mol. The molecule has 0 saturated heterocycles. The third-order valence-corrected chi connectivity index (χ3v) is 3.31. The second-order valence-corrected chi connectivity index (χ2v) is 4.99. The number of hydrogen-bond acceptors (Lipinski definition) is 4. The van der Waals surface area contributed by atoms with Crippen molar-refractivity contribution >= 4 is 21.6 Å². The Morgan fingerprint density at radius 3 is 2.78 bits per heavy atom. The van der Waals surface area contributed by atoms with E-state index in [0.717, 1.165) is 10.2 Å². The molecule has 2 aromatic rings. The Morgan fingerprint density at radius 2 is 2.06 bits per heavy atom. The van der Waals surface area contributed by atoms with Gasteiger partial charge >= 0.3 is 0 Å². The zero-order valence-electron chi connectivity index (χ0n) is 10.2. The van der Waals surface area contributed by atoms with Gasteiger partial charge in [0.25, 0.3) is 0 Å². The molecule has 0 aliphatic carbocycles. The van der Waals surface area contributed by atoms with Crippen molar-refractivity contribution in [1.29, 1.82) is 0 Å². The molecule has 0 saturated carbocycles. The number of aromatic nitrogens is 2. The minimum absolute atomic E-state index is 0.333.